The van der Waals surface area contributed by atoms with Gasteiger partial charge in [0.05, 0.1) is 5.56 Å². The molecule has 0 atom stereocenters. The van der Waals surface area contributed by atoms with Crippen LogP contribution < -0.4 is 5.32 Å². The van der Waals surface area contributed by atoms with Crippen molar-refractivity contribution in [2.75, 3.05) is 5.32 Å². The SMILES string of the molecule is O=C(O)c1cccc(NC(=O)c2c(F)cccc2F)c1. The van der Waals surface area contributed by atoms with Crippen molar-refractivity contribution in [1.82, 2.24) is 0 Å². The van der Waals surface area contributed by atoms with Gasteiger partial charge in [-0.3, -0.25) is 4.79 Å². The van der Waals surface area contributed by atoms with Crippen molar-refractivity contribution in [3.05, 3.63) is 65.2 Å². The third-order valence-corrected chi connectivity index (χ3v) is 2.56. The molecule has 2 rings (SSSR count). The lowest BCUT2D eigenvalue weighted by molar-refractivity contribution is 0.0696. The van der Waals surface area contributed by atoms with Gasteiger partial charge in [-0.25, -0.2) is 13.6 Å². The molecule has 0 radical (unpaired) electrons. The fraction of sp³-hybridized carbons (Fsp3) is 0. The van der Waals surface area contributed by atoms with Crippen LogP contribution in [0.15, 0.2) is 42.5 Å². The molecule has 0 heterocycles. The topological polar surface area (TPSA) is 66.4 Å². The van der Waals surface area contributed by atoms with Gasteiger partial charge in [0.15, 0.2) is 0 Å². The molecule has 0 spiro atoms. The number of anilines is 1. The third-order valence-electron chi connectivity index (χ3n) is 2.56. The Morgan fingerprint density at radius 2 is 1.60 bits per heavy atom. The van der Waals surface area contributed by atoms with E-state index in [1.807, 2.05) is 0 Å². The molecule has 20 heavy (non-hydrogen) atoms. The molecule has 0 saturated carbocycles. The summed E-state index contributed by atoms with van der Waals surface area (Å²) in [5.74, 6) is -4.13. The summed E-state index contributed by atoms with van der Waals surface area (Å²) in [6.07, 6.45) is 0. The minimum absolute atomic E-state index is 0.0446. The van der Waals surface area contributed by atoms with Crippen molar-refractivity contribution in [1.29, 1.82) is 0 Å². The van der Waals surface area contributed by atoms with Gasteiger partial charge in [0.25, 0.3) is 5.91 Å². The van der Waals surface area contributed by atoms with Gasteiger partial charge in [0.1, 0.15) is 17.2 Å². The first-order chi connectivity index (χ1) is 9.49. The van der Waals surface area contributed by atoms with E-state index in [0.717, 1.165) is 18.2 Å². The summed E-state index contributed by atoms with van der Waals surface area (Å²) < 4.78 is 26.8. The van der Waals surface area contributed by atoms with E-state index in [2.05, 4.69) is 5.32 Å². The molecule has 4 nitrogen and oxygen atoms in total. The highest BCUT2D eigenvalue weighted by Crippen LogP contribution is 2.16. The molecule has 0 bridgehead atoms. The lowest BCUT2D eigenvalue weighted by atomic mass is 10.1. The second kappa shape index (κ2) is 5.48. The first-order valence-corrected chi connectivity index (χ1v) is 5.58. The molecule has 1 amide bonds. The van der Waals surface area contributed by atoms with Crippen molar-refractivity contribution in [3.8, 4) is 0 Å². The second-order valence-electron chi connectivity index (χ2n) is 3.94. The van der Waals surface area contributed by atoms with Crippen LogP contribution in [-0.4, -0.2) is 17.0 Å². The number of hydrogen-bond acceptors (Lipinski definition) is 2. The molecule has 102 valence electrons. The van der Waals surface area contributed by atoms with Crippen LogP contribution in [0.2, 0.25) is 0 Å². The van der Waals surface area contributed by atoms with Gasteiger partial charge in [0.2, 0.25) is 0 Å². The number of carboxylic acids is 1. The number of halogens is 2. The fourth-order valence-electron chi connectivity index (χ4n) is 1.64. The first-order valence-electron chi connectivity index (χ1n) is 5.58. The summed E-state index contributed by atoms with van der Waals surface area (Å²) in [4.78, 5) is 22.6. The van der Waals surface area contributed by atoms with Gasteiger partial charge in [-0.15, -0.1) is 0 Å². The Morgan fingerprint density at radius 3 is 2.20 bits per heavy atom. The Morgan fingerprint density at radius 1 is 1.00 bits per heavy atom. The number of nitrogens with one attached hydrogen (secondary N) is 1. The first kappa shape index (κ1) is 13.7. The molecule has 2 aromatic rings. The normalized spacial score (nSPS) is 10.1. The van der Waals surface area contributed by atoms with Crippen LogP contribution in [0.25, 0.3) is 0 Å². The van der Waals surface area contributed by atoms with E-state index in [4.69, 9.17) is 5.11 Å². The van der Waals surface area contributed by atoms with Gasteiger partial charge in [-0.05, 0) is 30.3 Å². The van der Waals surface area contributed by atoms with Crippen LogP contribution in [0, 0.1) is 11.6 Å². The second-order valence-corrected chi connectivity index (χ2v) is 3.94. The highest BCUT2D eigenvalue weighted by Gasteiger charge is 2.17. The Bertz CT molecular complexity index is 666. The van der Waals surface area contributed by atoms with Crippen molar-refractivity contribution < 1.29 is 23.5 Å². The highest BCUT2D eigenvalue weighted by molar-refractivity contribution is 6.05. The lowest BCUT2D eigenvalue weighted by Gasteiger charge is -2.07. The standard InChI is InChI=1S/C14H9F2NO3/c15-10-5-2-6-11(16)12(10)13(18)17-9-4-1-3-8(7-9)14(19)20/h1-7H,(H,17,18)(H,19,20). The van der Waals surface area contributed by atoms with E-state index in [0.29, 0.717) is 0 Å². The van der Waals surface area contributed by atoms with Crippen molar-refractivity contribution in [2.45, 2.75) is 0 Å². The fourth-order valence-corrected chi connectivity index (χ4v) is 1.64. The van der Waals surface area contributed by atoms with E-state index >= 15 is 0 Å². The number of hydrogen-bond donors (Lipinski definition) is 2. The molecule has 0 aliphatic carbocycles. The molecule has 2 aromatic carbocycles. The molecular formula is C14H9F2NO3. The van der Waals surface area contributed by atoms with Crippen LogP contribution in [0.1, 0.15) is 20.7 Å². The zero-order valence-corrected chi connectivity index (χ0v) is 10.1. The summed E-state index contributed by atoms with van der Waals surface area (Å²) in [5.41, 5.74) is -0.623. The van der Waals surface area contributed by atoms with E-state index in [9.17, 15) is 18.4 Å². The molecule has 0 aliphatic rings. The summed E-state index contributed by atoms with van der Waals surface area (Å²) >= 11 is 0. The van der Waals surface area contributed by atoms with Crippen molar-refractivity contribution in [3.63, 3.8) is 0 Å². The van der Waals surface area contributed by atoms with Gasteiger partial charge < -0.3 is 10.4 Å². The number of amides is 1. The van der Waals surface area contributed by atoms with E-state index in [-0.39, 0.29) is 11.3 Å². The van der Waals surface area contributed by atoms with Gasteiger partial charge in [-0.2, -0.15) is 0 Å². The Balaban J connectivity index is 2.28. The number of carboxylic acid groups (broad SMARTS) is 1. The molecule has 0 unspecified atom stereocenters. The number of carbonyl (C=O) groups is 2. The molecule has 0 aromatic heterocycles. The number of rotatable bonds is 3. The quantitative estimate of drug-likeness (QED) is 0.906. The number of aromatic carboxylic acids is 1. The summed E-state index contributed by atoms with van der Waals surface area (Å²) in [6.45, 7) is 0. The van der Waals surface area contributed by atoms with Crippen LogP contribution in [0.3, 0.4) is 0 Å². The lowest BCUT2D eigenvalue weighted by Crippen LogP contribution is -2.16. The molecule has 0 aliphatic heterocycles. The molecule has 0 fully saturated rings. The number of benzene rings is 2. The average Bonchev–Trinajstić information content (AvgIpc) is 2.38. The Labute approximate surface area is 112 Å². The van der Waals surface area contributed by atoms with Crippen LogP contribution in [0.4, 0.5) is 14.5 Å². The van der Waals surface area contributed by atoms with Crippen LogP contribution in [-0.2, 0) is 0 Å². The van der Waals surface area contributed by atoms with Crippen molar-refractivity contribution >= 4 is 17.6 Å². The minimum Gasteiger partial charge on any atom is -0.478 e. The Hall–Kier alpha value is -2.76. The number of carbonyl (C=O) groups excluding carboxylic acids is 1. The summed E-state index contributed by atoms with van der Waals surface area (Å²) in [5, 5.41) is 11.1. The molecule has 0 saturated heterocycles. The maximum Gasteiger partial charge on any atom is 0.335 e. The van der Waals surface area contributed by atoms with Gasteiger partial charge in [0, 0.05) is 5.69 Å². The van der Waals surface area contributed by atoms with Crippen molar-refractivity contribution in [2.24, 2.45) is 0 Å². The van der Waals surface area contributed by atoms with Gasteiger partial charge >= 0.3 is 5.97 Å². The molecular weight excluding hydrogens is 268 g/mol. The zero-order chi connectivity index (χ0) is 14.7. The third kappa shape index (κ3) is 2.80. The predicted octanol–water partition coefficient (Wildman–Crippen LogP) is 2.92. The molecule has 2 N–H and O–H groups in total. The maximum atomic E-state index is 13.4. The summed E-state index contributed by atoms with van der Waals surface area (Å²) in [6, 6.07) is 8.43. The predicted molar refractivity (Wildman–Crippen MR) is 67.7 cm³/mol. The van der Waals surface area contributed by atoms with E-state index in [1.165, 1.54) is 24.3 Å². The minimum atomic E-state index is -1.17. The summed E-state index contributed by atoms with van der Waals surface area (Å²) in [7, 11) is 0. The molecule has 6 heteroatoms. The van der Waals surface area contributed by atoms with Crippen LogP contribution >= 0.6 is 0 Å². The monoisotopic (exact) mass is 277 g/mol. The average molecular weight is 277 g/mol. The Kier molecular flexibility index (Phi) is 3.74. The smallest absolute Gasteiger partial charge is 0.335 e. The van der Waals surface area contributed by atoms with Crippen LogP contribution in [0.5, 0.6) is 0 Å². The maximum absolute atomic E-state index is 13.4. The zero-order valence-electron chi connectivity index (χ0n) is 10.1. The largest absolute Gasteiger partial charge is 0.478 e. The van der Waals surface area contributed by atoms with E-state index in [1.54, 1.807) is 0 Å². The van der Waals surface area contributed by atoms with E-state index < -0.39 is 29.1 Å². The highest BCUT2D eigenvalue weighted by atomic mass is 19.1. The van der Waals surface area contributed by atoms with Gasteiger partial charge in [-0.1, -0.05) is 12.1 Å².